The van der Waals surface area contributed by atoms with Crippen LogP contribution in [0.5, 0.6) is 0 Å². The maximum atomic E-state index is 5.49. The molecule has 76 valence electrons. The van der Waals surface area contributed by atoms with E-state index in [1.807, 2.05) is 0 Å². The molecule has 0 spiro atoms. The summed E-state index contributed by atoms with van der Waals surface area (Å²) in [4.78, 5) is 0. The number of ether oxygens (including phenoxy) is 2. The molecule has 0 aromatic carbocycles. The van der Waals surface area contributed by atoms with Gasteiger partial charge in [0, 0.05) is 13.2 Å². The van der Waals surface area contributed by atoms with Gasteiger partial charge in [-0.2, -0.15) is 0 Å². The Balaban J connectivity index is 3.28. The van der Waals surface area contributed by atoms with Gasteiger partial charge >= 0.3 is 0 Å². The van der Waals surface area contributed by atoms with Gasteiger partial charge in [-0.05, 0) is 19.2 Å². The lowest BCUT2D eigenvalue weighted by atomic mass is 10.1. The molecule has 0 unspecified atom stereocenters. The van der Waals surface area contributed by atoms with E-state index in [1.54, 1.807) is 0 Å². The Morgan fingerprint density at radius 2 is 1.46 bits per heavy atom. The zero-order valence-corrected chi connectivity index (χ0v) is 8.92. The van der Waals surface area contributed by atoms with Gasteiger partial charge in [0.2, 0.25) is 0 Å². The Bertz CT molecular complexity index is 88.9. The molecule has 0 N–H and O–H groups in total. The highest BCUT2D eigenvalue weighted by Crippen LogP contribution is 2.02. The molecule has 0 rings (SSSR count). The fourth-order valence-corrected chi connectivity index (χ4v) is 0.902. The Hall–Kier alpha value is -0.0151. The highest BCUT2D eigenvalue weighted by Gasteiger charge is 2.04. The lowest BCUT2D eigenvalue weighted by Crippen LogP contribution is -2.18. The van der Waals surface area contributed by atoms with Crippen molar-refractivity contribution >= 4 is 7.85 Å². The smallest absolute Gasteiger partial charge is 0.149 e. The van der Waals surface area contributed by atoms with Crippen molar-refractivity contribution < 1.29 is 9.47 Å². The summed E-state index contributed by atoms with van der Waals surface area (Å²) in [5, 5.41) is 0. The normalized spacial score (nSPS) is 11.0. The van der Waals surface area contributed by atoms with Crippen LogP contribution < -0.4 is 0 Å². The van der Waals surface area contributed by atoms with Crippen LogP contribution in [-0.4, -0.2) is 27.4 Å². The van der Waals surface area contributed by atoms with Crippen molar-refractivity contribution in [1.82, 2.24) is 0 Å². The van der Waals surface area contributed by atoms with Gasteiger partial charge < -0.3 is 9.47 Å². The van der Waals surface area contributed by atoms with Gasteiger partial charge in [0.1, 0.15) is 6.29 Å². The van der Waals surface area contributed by atoms with Crippen molar-refractivity contribution in [2.75, 3.05) is 13.2 Å². The van der Waals surface area contributed by atoms with Gasteiger partial charge in [-0.15, -0.1) is 0 Å². The molecule has 2 radical (unpaired) electrons. The molecule has 0 aliphatic heterocycles. The second-order valence-electron chi connectivity index (χ2n) is 3.11. The molecule has 0 aliphatic carbocycles. The monoisotopic (exact) mass is 184 g/mol. The zero-order valence-electron chi connectivity index (χ0n) is 8.92. The Morgan fingerprint density at radius 3 is 1.77 bits per heavy atom. The summed E-state index contributed by atoms with van der Waals surface area (Å²) in [6, 6.07) is 0. The van der Waals surface area contributed by atoms with Crippen molar-refractivity contribution in [3.63, 3.8) is 0 Å². The molecule has 0 saturated heterocycles. The predicted molar refractivity (Wildman–Crippen MR) is 56.1 cm³/mol. The molecule has 0 aromatic rings. The minimum absolute atomic E-state index is 0.196. The van der Waals surface area contributed by atoms with E-state index in [0.717, 1.165) is 38.9 Å². The first-order valence-corrected chi connectivity index (χ1v) is 5.28. The third-order valence-electron chi connectivity index (χ3n) is 1.80. The van der Waals surface area contributed by atoms with Crippen molar-refractivity contribution in [2.45, 2.75) is 52.1 Å². The Kier molecular flexibility index (Phi) is 10.1. The number of unbranched alkanes of at least 4 members (excludes halogenated alkanes) is 2. The summed E-state index contributed by atoms with van der Waals surface area (Å²) < 4.78 is 10.9. The van der Waals surface area contributed by atoms with Crippen molar-refractivity contribution in [2.24, 2.45) is 0 Å². The van der Waals surface area contributed by atoms with Gasteiger partial charge in [-0.3, -0.25) is 0 Å². The van der Waals surface area contributed by atoms with Crippen LogP contribution in [0.15, 0.2) is 0 Å². The van der Waals surface area contributed by atoms with Gasteiger partial charge in [0.15, 0.2) is 0 Å². The molecule has 3 heteroatoms. The van der Waals surface area contributed by atoms with Gasteiger partial charge in [0.25, 0.3) is 0 Å². The second-order valence-corrected chi connectivity index (χ2v) is 3.11. The van der Waals surface area contributed by atoms with E-state index in [4.69, 9.17) is 17.3 Å². The zero-order chi connectivity index (χ0) is 9.94. The number of hydrogen-bond donors (Lipinski definition) is 0. The fraction of sp³-hybridized carbons (Fsp3) is 1.00. The standard InChI is InChI=1S/C10H21BO2/c1-3-5-7-12-10(9-11)13-8-6-4-2/h10H,3-9H2,1-2H3. The summed E-state index contributed by atoms with van der Waals surface area (Å²) in [6.45, 7) is 5.78. The minimum atomic E-state index is -0.196. The van der Waals surface area contributed by atoms with Crippen LogP contribution in [0, 0.1) is 0 Å². The summed E-state index contributed by atoms with van der Waals surface area (Å²) in [5.74, 6) is 0. The van der Waals surface area contributed by atoms with Crippen LogP contribution in [0.25, 0.3) is 0 Å². The molecule has 0 amide bonds. The average Bonchev–Trinajstić information content (AvgIpc) is 2.16. The van der Waals surface area contributed by atoms with Crippen LogP contribution >= 0.6 is 0 Å². The van der Waals surface area contributed by atoms with E-state index < -0.39 is 0 Å². The topological polar surface area (TPSA) is 18.5 Å². The summed E-state index contributed by atoms with van der Waals surface area (Å²) in [5.41, 5.74) is 0. The van der Waals surface area contributed by atoms with Crippen molar-refractivity contribution in [1.29, 1.82) is 0 Å². The van der Waals surface area contributed by atoms with E-state index in [1.165, 1.54) is 0 Å². The summed E-state index contributed by atoms with van der Waals surface area (Å²) >= 11 is 0. The van der Waals surface area contributed by atoms with Crippen LogP contribution in [0.1, 0.15) is 39.5 Å². The molecule has 0 aliphatic rings. The molecule has 0 bridgehead atoms. The first-order valence-electron chi connectivity index (χ1n) is 5.28. The molecule has 2 nitrogen and oxygen atoms in total. The SMILES string of the molecule is [B]CC(OCCCC)OCCCC. The van der Waals surface area contributed by atoms with Crippen molar-refractivity contribution in [3.8, 4) is 0 Å². The quantitative estimate of drug-likeness (QED) is 0.311. The number of rotatable bonds is 9. The second kappa shape index (κ2) is 10.1. The molecule has 0 aromatic heterocycles. The minimum Gasteiger partial charge on any atom is -0.353 e. The van der Waals surface area contributed by atoms with Gasteiger partial charge in [0.05, 0.1) is 7.85 Å². The van der Waals surface area contributed by atoms with Crippen LogP contribution in [-0.2, 0) is 9.47 Å². The maximum absolute atomic E-state index is 5.49. The predicted octanol–water partition coefficient (Wildman–Crippen LogP) is 2.53. The molecule has 0 atom stereocenters. The van der Waals surface area contributed by atoms with Crippen LogP contribution in [0.3, 0.4) is 0 Å². The largest absolute Gasteiger partial charge is 0.353 e. The first-order chi connectivity index (χ1) is 6.35. The summed E-state index contributed by atoms with van der Waals surface area (Å²) in [7, 11) is 5.49. The van der Waals surface area contributed by atoms with Gasteiger partial charge in [-0.1, -0.05) is 26.7 Å². The van der Waals surface area contributed by atoms with E-state index >= 15 is 0 Å². The number of hydrogen-bond acceptors (Lipinski definition) is 2. The Labute approximate surface area is 83.4 Å². The highest BCUT2D eigenvalue weighted by molar-refractivity contribution is 6.08. The molecule has 0 heterocycles. The molecule has 13 heavy (non-hydrogen) atoms. The average molecular weight is 184 g/mol. The lowest BCUT2D eigenvalue weighted by molar-refractivity contribution is -0.130. The maximum Gasteiger partial charge on any atom is 0.149 e. The molecular weight excluding hydrogens is 163 g/mol. The van der Waals surface area contributed by atoms with E-state index in [2.05, 4.69) is 13.8 Å². The molecule has 0 saturated carbocycles. The highest BCUT2D eigenvalue weighted by atomic mass is 16.7. The molecule has 0 fully saturated rings. The summed E-state index contributed by atoms with van der Waals surface area (Å²) in [6.07, 6.45) is 4.70. The van der Waals surface area contributed by atoms with Crippen LogP contribution in [0.2, 0.25) is 6.32 Å². The first kappa shape index (κ1) is 13.0. The third kappa shape index (κ3) is 8.32. The van der Waals surface area contributed by atoms with E-state index in [9.17, 15) is 0 Å². The van der Waals surface area contributed by atoms with Crippen molar-refractivity contribution in [3.05, 3.63) is 0 Å². The Morgan fingerprint density at radius 1 is 1.00 bits per heavy atom. The third-order valence-corrected chi connectivity index (χ3v) is 1.80. The molecular formula is C10H21BO2. The fourth-order valence-electron chi connectivity index (χ4n) is 0.902. The van der Waals surface area contributed by atoms with E-state index in [-0.39, 0.29) is 6.29 Å². The van der Waals surface area contributed by atoms with E-state index in [0.29, 0.717) is 6.32 Å². The van der Waals surface area contributed by atoms with Gasteiger partial charge in [-0.25, -0.2) is 0 Å². The lowest BCUT2D eigenvalue weighted by Gasteiger charge is -2.16. The van der Waals surface area contributed by atoms with Crippen LogP contribution in [0.4, 0.5) is 0 Å².